The van der Waals surface area contributed by atoms with Gasteiger partial charge in [0.2, 0.25) is 5.91 Å². The van der Waals surface area contributed by atoms with Gasteiger partial charge in [-0.3, -0.25) is 4.79 Å². The van der Waals surface area contributed by atoms with E-state index in [1.165, 1.54) is 6.07 Å². The van der Waals surface area contributed by atoms with Gasteiger partial charge in [0, 0.05) is 13.0 Å². The van der Waals surface area contributed by atoms with Gasteiger partial charge in [0.15, 0.2) is 0 Å². The molecule has 0 aromatic heterocycles. The summed E-state index contributed by atoms with van der Waals surface area (Å²) >= 11 is 0. The van der Waals surface area contributed by atoms with E-state index >= 15 is 0 Å². The number of hydrogen-bond acceptors (Lipinski definition) is 2. The lowest BCUT2D eigenvalue weighted by Gasteiger charge is -2.22. The second kappa shape index (κ2) is 8.36. The van der Waals surface area contributed by atoms with Gasteiger partial charge in [-0.2, -0.15) is 0 Å². The molecule has 3 nitrogen and oxygen atoms in total. The fourth-order valence-electron chi connectivity index (χ4n) is 3.59. The van der Waals surface area contributed by atoms with Gasteiger partial charge in [-0.25, -0.2) is 8.78 Å². The van der Waals surface area contributed by atoms with Crippen LogP contribution in [0, 0.1) is 5.82 Å². The summed E-state index contributed by atoms with van der Waals surface area (Å²) in [6.07, 6.45) is 1.23. The van der Waals surface area contributed by atoms with Gasteiger partial charge in [0.25, 0.3) is 0 Å². The van der Waals surface area contributed by atoms with E-state index in [0.29, 0.717) is 11.5 Å². The highest BCUT2D eigenvalue weighted by Gasteiger charge is 2.31. The molecule has 1 amide bonds. The van der Waals surface area contributed by atoms with Gasteiger partial charge < -0.3 is 10.6 Å². The number of carbonyl (C=O) groups is 1. The van der Waals surface area contributed by atoms with E-state index in [2.05, 4.69) is 10.6 Å². The topological polar surface area (TPSA) is 41.1 Å². The third-order valence-corrected chi connectivity index (χ3v) is 5.19. The minimum Gasteiger partial charge on any atom is -0.344 e. The van der Waals surface area contributed by atoms with Crippen LogP contribution in [0.25, 0.3) is 0 Å². The fourth-order valence-corrected chi connectivity index (χ4v) is 3.59. The van der Waals surface area contributed by atoms with Crippen molar-refractivity contribution in [3.8, 4) is 0 Å². The van der Waals surface area contributed by atoms with E-state index in [-0.39, 0.29) is 37.1 Å². The molecule has 2 aromatic carbocycles. The lowest BCUT2D eigenvalue weighted by atomic mass is 9.96. The number of halogens is 3. The Morgan fingerprint density at radius 1 is 1.11 bits per heavy atom. The zero-order valence-corrected chi connectivity index (χ0v) is 15.6. The number of hydrogen-bond donors (Lipinski definition) is 2. The van der Waals surface area contributed by atoms with Crippen molar-refractivity contribution < 1.29 is 13.6 Å². The van der Waals surface area contributed by atoms with E-state index in [1.54, 1.807) is 0 Å². The maximum absolute atomic E-state index is 14.5. The molecule has 2 aliphatic rings. The van der Waals surface area contributed by atoms with Crippen LogP contribution in [-0.4, -0.2) is 24.7 Å². The normalized spacial score (nSPS) is 22.7. The predicted molar refractivity (Wildman–Crippen MR) is 103 cm³/mol. The molecule has 1 saturated carbocycles. The lowest BCUT2D eigenvalue weighted by Crippen LogP contribution is -2.42. The molecule has 3 atom stereocenters. The van der Waals surface area contributed by atoms with Crippen LogP contribution in [-0.2, 0) is 4.79 Å². The summed E-state index contributed by atoms with van der Waals surface area (Å²) in [5, 5.41) is 5.87. The first kappa shape index (κ1) is 19.8. The summed E-state index contributed by atoms with van der Waals surface area (Å²) in [5.41, 5.74) is 2.32. The van der Waals surface area contributed by atoms with Crippen LogP contribution in [0.2, 0.25) is 0 Å². The standard InChI is InChI=1S/C21H22F2N2O.ClH/c22-16-11-19(24-12-16)21(26)25-20(14-4-2-1-3-5-14)15-8-9-17(13-6-7-13)18(23)10-15;/h1-5,8-10,13,16,19-20,24H,6-7,11-12H2,(H,25,26);1H/t16?,19?,20-;/m0./s1. The largest absolute Gasteiger partial charge is 0.344 e. The van der Waals surface area contributed by atoms with E-state index in [4.69, 9.17) is 0 Å². The smallest absolute Gasteiger partial charge is 0.237 e. The van der Waals surface area contributed by atoms with E-state index in [0.717, 1.165) is 24.0 Å². The molecule has 2 N–H and O–H groups in total. The van der Waals surface area contributed by atoms with Crippen LogP contribution >= 0.6 is 12.4 Å². The molecule has 6 heteroatoms. The number of rotatable bonds is 5. The summed E-state index contributed by atoms with van der Waals surface area (Å²) in [5.74, 6) is -0.147. The molecule has 4 rings (SSSR count). The van der Waals surface area contributed by atoms with Crippen molar-refractivity contribution in [2.24, 2.45) is 0 Å². The van der Waals surface area contributed by atoms with Crippen molar-refractivity contribution in [1.29, 1.82) is 0 Å². The molecule has 1 saturated heterocycles. The van der Waals surface area contributed by atoms with Gasteiger partial charge in [0.1, 0.15) is 12.0 Å². The number of benzene rings is 2. The third kappa shape index (κ3) is 4.47. The summed E-state index contributed by atoms with van der Waals surface area (Å²) in [6, 6.07) is 13.7. The Kier molecular flexibility index (Phi) is 6.12. The molecular weight excluding hydrogens is 370 g/mol. The molecule has 2 aromatic rings. The van der Waals surface area contributed by atoms with Crippen molar-refractivity contribution in [3.05, 3.63) is 71.0 Å². The Morgan fingerprint density at radius 2 is 1.85 bits per heavy atom. The molecular formula is C21H23ClF2N2O. The van der Waals surface area contributed by atoms with Crippen LogP contribution in [0.5, 0.6) is 0 Å². The zero-order valence-electron chi connectivity index (χ0n) is 14.8. The molecule has 2 fully saturated rings. The average Bonchev–Trinajstić information content (AvgIpc) is 3.40. The maximum Gasteiger partial charge on any atom is 0.237 e. The van der Waals surface area contributed by atoms with Crippen molar-refractivity contribution >= 4 is 18.3 Å². The van der Waals surface area contributed by atoms with Gasteiger partial charge in [0.05, 0.1) is 12.1 Å². The van der Waals surface area contributed by atoms with Crippen molar-refractivity contribution in [3.63, 3.8) is 0 Å². The van der Waals surface area contributed by atoms with E-state index < -0.39 is 18.3 Å². The van der Waals surface area contributed by atoms with Crippen LogP contribution in [0.1, 0.15) is 47.9 Å². The summed E-state index contributed by atoms with van der Waals surface area (Å²) in [7, 11) is 0. The first-order valence-electron chi connectivity index (χ1n) is 9.14. The van der Waals surface area contributed by atoms with Gasteiger partial charge in [-0.1, -0.05) is 42.5 Å². The van der Waals surface area contributed by atoms with Crippen molar-refractivity contribution in [2.75, 3.05) is 6.54 Å². The molecule has 1 aliphatic carbocycles. The van der Waals surface area contributed by atoms with Crippen LogP contribution < -0.4 is 10.6 Å². The Balaban J connectivity index is 0.00000210. The van der Waals surface area contributed by atoms with E-state index in [1.807, 2.05) is 42.5 Å². The van der Waals surface area contributed by atoms with Crippen molar-refractivity contribution in [2.45, 2.75) is 43.4 Å². The summed E-state index contributed by atoms with van der Waals surface area (Å²) < 4.78 is 27.9. The predicted octanol–water partition coefficient (Wildman–Crippen LogP) is 4.03. The SMILES string of the molecule is Cl.O=C(N[C@@H](c1ccccc1)c1ccc(C2CC2)c(F)c1)C1CC(F)CN1. The van der Waals surface area contributed by atoms with Gasteiger partial charge in [-0.05, 0) is 41.5 Å². The van der Waals surface area contributed by atoms with E-state index in [9.17, 15) is 13.6 Å². The molecule has 2 unspecified atom stereocenters. The van der Waals surface area contributed by atoms with Crippen LogP contribution in [0.15, 0.2) is 48.5 Å². The zero-order chi connectivity index (χ0) is 18.1. The molecule has 144 valence electrons. The van der Waals surface area contributed by atoms with Crippen LogP contribution in [0.3, 0.4) is 0 Å². The highest BCUT2D eigenvalue weighted by Crippen LogP contribution is 2.41. The molecule has 0 radical (unpaired) electrons. The van der Waals surface area contributed by atoms with Gasteiger partial charge in [-0.15, -0.1) is 12.4 Å². The highest BCUT2D eigenvalue weighted by atomic mass is 35.5. The Hall–Kier alpha value is -1.98. The number of carbonyl (C=O) groups excluding carboxylic acids is 1. The quantitative estimate of drug-likeness (QED) is 0.806. The number of alkyl halides is 1. The van der Waals surface area contributed by atoms with Gasteiger partial charge >= 0.3 is 0 Å². The minimum absolute atomic E-state index is 0. The minimum atomic E-state index is -1.00. The monoisotopic (exact) mass is 392 g/mol. The first-order valence-corrected chi connectivity index (χ1v) is 9.14. The Bertz CT molecular complexity index is 798. The molecule has 1 aliphatic heterocycles. The summed E-state index contributed by atoms with van der Waals surface area (Å²) in [6.45, 7) is 0.193. The number of nitrogens with one attached hydrogen (secondary N) is 2. The molecule has 1 heterocycles. The third-order valence-electron chi connectivity index (χ3n) is 5.19. The molecule has 0 spiro atoms. The Morgan fingerprint density at radius 3 is 2.44 bits per heavy atom. The second-order valence-corrected chi connectivity index (χ2v) is 7.20. The first-order chi connectivity index (χ1) is 12.6. The molecule has 0 bridgehead atoms. The lowest BCUT2D eigenvalue weighted by molar-refractivity contribution is -0.123. The Labute approximate surface area is 164 Å². The summed E-state index contributed by atoms with van der Waals surface area (Å²) in [4.78, 5) is 12.6. The van der Waals surface area contributed by atoms with Crippen LogP contribution in [0.4, 0.5) is 8.78 Å². The number of amides is 1. The average molecular weight is 393 g/mol. The maximum atomic E-state index is 14.5. The van der Waals surface area contributed by atoms with Crippen molar-refractivity contribution in [1.82, 2.24) is 10.6 Å². The molecule has 27 heavy (non-hydrogen) atoms. The highest BCUT2D eigenvalue weighted by molar-refractivity contribution is 5.85. The second-order valence-electron chi connectivity index (χ2n) is 7.20. The fraction of sp³-hybridized carbons (Fsp3) is 0.381.